The summed E-state index contributed by atoms with van der Waals surface area (Å²) in [6, 6.07) is 8.67. The fourth-order valence-electron chi connectivity index (χ4n) is 3.48. The molecule has 2 heteroatoms. The Kier molecular flexibility index (Phi) is 5.42. The maximum absolute atomic E-state index is 13.0. The Hall–Kier alpha value is -1.46. The molecule has 0 bridgehead atoms. The van der Waals surface area contributed by atoms with Crippen LogP contribution in [0.25, 0.3) is 0 Å². The van der Waals surface area contributed by atoms with Crippen molar-refractivity contribution >= 4 is 13.4 Å². The highest BCUT2D eigenvalue weighted by Crippen LogP contribution is 2.42. The minimum Gasteiger partial charge on any atom is -0.289 e. The number of carbonyl (C=O) groups is 1. The van der Waals surface area contributed by atoms with Gasteiger partial charge in [0.15, 0.2) is 5.52 Å². The number of hydrogen-bond acceptors (Lipinski definition) is 1. The summed E-state index contributed by atoms with van der Waals surface area (Å²) in [6.45, 7) is 14.8. The van der Waals surface area contributed by atoms with Crippen LogP contribution < -0.4 is 0 Å². The van der Waals surface area contributed by atoms with Crippen LogP contribution in [0, 0.1) is 41.5 Å². The Morgan fingerprint density at radius 2 is 1.17 bits per heavy atom. The van der Waals surface area contributed by atoms with Gasteiger partial charge in [-0.2, -0.15) is 0 Å². The lowest BCUT2D eigenvalue weighted by molar-refractivity contribution is 0.108. The molecule has 2 aromatic rings. The van der Waals surface area contributed by atoms with E-state index in [-0.39, 0.29) is 0 Å². The molecular formula is C21H27OP. The third-order valence-electron chi connectivity index (χ3n) is 4.47. The molecule has 0 amide bonds. The molecule has 23 heavy (non-hydrogen) atoms. The second kappa shape index (κ2) is 6.97. The minimum absolute atomic E-state index is 0.328. The average Bonchev–Trinajstić information content (AvgIpc) is 2.41. The van der Waals surface area contributed by atoms with Gasteiger partial charge in [0, 0.05) is 11.7 Å². The molecule has 0 aliphatic rings. The third kappa shape index (κ3) is 3.90. The molecule has 0 aliphatic heterocycles. The van der Waals surface area contributed by atoms with Gasteiger partial charge in [-0.15, -0.1) is 0 Å². The van der Waals surface area contributed by atoms with Crippen molar-refractivity contribution in [3.05, 3.63) is 68.8 Å². The molecule has 2 rings (SSSR count). The van der Waals surface area contributed by atoms with Crippen molar-refractivity contribution in [3.8, 4) is 0 Å². The van der Waals surface area contributed by atoms with E-state index in [1.807, 2.05) is 0 Å². The topological polar surface area (TPSA) is 17.1 Å². The summed E-state index contributed by atoms with van der Waals surface area (Å²) in [4.78, 5) is 13.0. The van der Waals surface area contributed by atoms with E-state index in [9.17, 15) is 4.79 Å². The zero-order valence-electron chi connectivity index (χ0n) is 15.4. The maximum atomic E-state index is 13.0. The second-order valence-corrected chi connectivity index (χ2v) is 8.93. The third-order valence-corrected chi connectivity index (χ3v) is 6.18. The van der Waals surface area contributed by atoms with E-state index in [0.29, 0.717) is 5.52 Å². The number of hydrogen-bond donors (Lipinski definition) is 0. The molecule has 0 N–H and O–H groups in total. The van der Waals surface area contributed by atoms with E-state index in [1.54, 1.807) is 0 Å². The van der Waals surface area contributed by atoms with Crippen LogP contribution in [0.3, 0.4) is 0 Å². The van der Waals surface area contributed by atoms with E-state index in [1.165, 1.54) is 27.8 Å². The predicted molar refractivity (Wildman–Crippen MR) is 102 cm³/mol. The van der Waals surface area contributed by atoms with Crippen LogP contribution in [0.15, 0.2) is 24.3 Å². The number of benzene rings is 2. The first-order valence-corrected chi connectivity index (χ1v) is 10.1. The first kappa shape index (κ1) is 17.9. The van der Waals surface area contributed by atoms with Gasteiger partial charge in [-0.1, -0.05) is 35.4 Å². The molecular weight excluding hydrogens is 299 g/mol. The van der Waals surface area contributed by atoms with Crippen molar-refractivity contribution in [2.24, 2.45) is 0 Å². The molecule has 0 radical (unpaired) electrons. The Morgan fingerprint density at radius 1 is 0.783 bits per heavy atom. The Labute approximate surface area is 141 Å². The molecule has 0 saturated carbocycles. The lowest BCUT2D eigenvalue weighted by atomic mass is 10.0. The lowest BCUT2D eigenvalue weighted by Crippen LogP contribution is -2.06. The monoisotopic (exact) mass is 326 g/mol. The Balaban J connectivity index is 2.32. The van der Waals surface area contributed by atoms with Gasteiger partial charge in [0.05, 0.1) is 0 Å². The van der Waals surface area contributed by atoms with E-state index >= 15 is 0 Å². The van der Waals surface area contributed by atoms with Crippen molar-refractivity contribution in [2.45, 2.75) is 47.7 Å². The first-order valence-electron chi connectivity index (χ1n) is 8.10. The van der Waals surface area contributed by atoms with Crippen molar-refractivity contribution < 1.29 is 4.79 Å². The molecule has 122 valence electrons. The summed E-state index contributed by atoms with van der Waals surface area (Å²) in [6.07, 6.45) is 0.874. The summed E-state index contributed by atoms with van der Waals surface area (Å²) in [5.41, 5.74) is 9.96. The molecule has 1 nitrogen and oxygen atoms in total. The second-order valence-electron chi connectivity index (χ2n) is 6.81. The fourth-order valence-corrected chi connectivity index (χ4v) is 5.33. The molecule has 2 aromatic carbocycles. The summed E-state index contributed by atoms with van der Waals surface area (Å²) >= 11 is 0. The van der Waals surface area contributed by atoms with Gasteiger partial charge in [0.2, 0.25) is 0 Å². The van der Waals surface area contributed by atoms with Crippen LogP contribution in [0.1, 0.15) is 49.3 Å². The molecule has 0 heterocycles. The normalized spacial score (nSPS) is 12.3. The zero-order chi connectivity index (χ0) is 17.3. The van der Waals surface area contributed by atoms with Crippen molar-refractivity contribution in [3.63, 3.8) is 0 Å². The van der Waals surface area contributed by atoms with E-state index in [0.717, 1.165) is 22.9 Å². The molecule has 1 atom stereocenters. The SMILES string of the molecule is Cc1cc(C)c(CP(C)C(=O)c2c(C)cc(C)cc2C)c(C)c1. The Bertz CT molecular complexity index is 712. The molecule has 0 spiro atoms. The van der Waals surface area contributed by atoms with Crippen molar-refractivity contribution in [1.29, 1.82) is 0 Å². The van der Waals surface area contributed by atoms with Crippen LogP contribution in [-0.4, -0.2) is 12.2 Å². The van der Waals surface area contributed by atoms with Crippen LogP contribution in [0.5, 0.6) is 0 Å². The van der Waals surface area contributed by atoms with Gasteiger partial charge in [0.1, 0.15) is 0 Å². The van der Waals surface area contributed by atoms with Crippen LogP contribution in [-0.2, 0) is 6.16 Å². The molecule has 1 unspecified atom stereocenters. The average molecular weight is 326 g/mol. The predicted octanol–water partition coefficient (Wildman–Crippen LogP) is 5.99. The molecule has 0 aliphatic carbocycles. The molecule has 0 aromatic heterocycles. The van der Waals surface area contributed by atoms with Gasteiger partial charge >= 0.3 is 0 Å². The van der Waals surface area contributed by atoms with Crippen molar-refractivity contribution in [1.82, 2.24) is 0 Å². The first-order chi connectivity index (χ1) is 10.7. The minimum atomic E-state index is -0.717. The Morgan fingerprint density at radius 3 is 1.61 bits per heavy atom. The molecule has 0 fully saturated rings. The number of aryl methyl sites for hydroxylation is 6. The lowest BCUT2D eigenvalue weighted by Gasteiger charge is -2.18. The van der Waals surface area contributed by atoms with Crippen LogP contribution in [0.2, 0.25) is 0 Å². The van der Waals surface area contributed by atoms with E-state index < -0.39 is 7.92 Å². The van der Waals surface area contributed by atoms with Crippen molar-refractivity contribution in [2.75, 3.05) is 6.66 Å². The summed E-state index contributed by atoms with van der Waals surface area (Å²) < 4.78 is 0. The smallest absolute Gasteiger partial charge is 0.184 e. The van der Waals surface area contributed by atoms with Gasteiger partial charge in [0.25, 0.3) is 0 Å². The largest absolute Gasteiger partial charge is 0.289 e. The maximum Gasteiger partial charge on any atom is 0.184 e. The van der Waals surface area contributed by atoms with Gasteiger partial charge in [-0.25, -0.2) is 0 Å². The van der Waals surface area contributed by atoms with E-state index in [4.69, 9.17) is 0 Å². The standard InChI is InChI=1S/C21H27OP/c1-13-8-15(3)19(16(4)9-13)12-23(7)21(22)20-17(5)10-14(2)11-18(20)6/h8-11H,12H2,1-7H3. The summed E-state index contributed by atoms with van der Waals surface area (Å²) in [5.74, 6) is 0. The number of carbonyl (C=O) groups excluding carboxylic acids is 1. The highest BCUT2D eigenvalue weighted by Gasteiger charge is 2.20. The van der Waals surface area contributed by atoms with Gasteiger partial charge < -0.3 is 0 Å². The van der Waals surface area contributed by atoms with Crippen LogP contribution >= 0.6 is 7.92 Å². The highest BCUT2D eigenvalue weighted by molar-refractivity contribution is 7.74. The number of rotatable bonds is 4. The highest BCUT2D eigenvalue weighted by atomic mass is 31.1. The quantitative estimate of drug-likeness (QED) is 0.631. The molecule has 0 saturated heterocycles. The fraction of sp³-hybridized carbons (Fsp3) is 0.381. The van der Waals surface area contributed by atoms with E-state index in [2.05, 4.69) is 72.5 Å². The van der Waals surface area contributed by atoms with Gasteiger partial charge in [-0.3, -0.25) is 4.79 Å². The zero-order valence-corrected chi connectivity index (χ0v) is 16.3. The summed E-state index contributed by atoms with van der Waals surface area (Å²) in [5, 5.41) is 0. The van der Waals surface area contributed by atoms with Crippen LogP contribution in [0.4, 0.5) is 0 Å². The summed E-state index contributed by atoms with van der Waals surface area (Å²) in [7, 11) is -0.717. The van der Waals surface area contributed by atoms with Gasteiger partial charge in [-0.05, 0) is 83.9 Å².